The Morgan fingerprint density at radius 3 is 2.43 bits per heavy atom. The van der Waals surface area contributed by atoms with Crippen molar-refractivity contribution in [2.24, 2.45) is 0 Å². The molecule has 0 unspecified atom stereocenters. The summed E-state index contributed by atoms with van der Waals surface area (Å²) >= 11 is 3.21. The second-order valence-electron chi connectivity index (χ2n) is 3.62. The van der Waals surface area contributed by atoms with Crippen LogP contribution >= 0.6 is 15.9 Å². The topological polar surface area (TPSA) is 65.7 Å². The first-order chi connectivity index (χ1) is 6.68. The lowest BCUT2D eigenvalue weighted by Gasteiger charge is -2.09. The predicted molar refractivity (Wildman–Crippen MR) is 56.6 cm³/mol. The van der Waals surface area contributed by atoms with Gasteiger partial charge in [0.25, 0.3) is 5.56 Å². The van der Waals surface area contributed by atoms with Crippen molar-refractivity contribution >= 4 is 15.9 Å². The fourth-order valence-corrected chi connectivity index (χ4v) is 2.51. The zero-order valence-corrected chi connectivity index (χ0v) is 9.19. The number of H-pyrrole nitrogens is 2. The first-order valence-electron chi connectivity index (χ1n) is 4.70. The van der Waals surface area contributed by atoms with Gasteiger partial charge in [0.15, 0.2) is 0 Å². The summed E-state index contributed by atoms with van der Waals surface area (Å²) in [4.78, 5) is 27.3. The summed E-state index contributed by atoms with van der Waals surface area (Å²) in [6, 6.07) is 0. The number of nitrogens with one attached hydrogen (secondary N) is 2. The third-order valence-corrected chi connectivity index (χ3v) is 3.46. The SMILES string of the molecule is O=c1[nH]c(C2CCCC2)c(Br)c(=O)[nH]1. The second-order valence-corrected chi connectivity index (χ2v) is 4.41. The Hall–Kier alpha value is -0.840. The Kier molecular flexibility index (Phi) is 2.58. The van der Waals surface area contributed by atoms with Gasteiger partial charge in [-0.3, -0.25) is 9.78 Å². The minimum absolute atomic E-state index is 0.333. The van der Waals surface area contributed by atoms with E-state index in [1.165, 1.54) is 12.8 Å². The molecule has 0 bridgehead atoms. The average Bonchev–Trinajstić information content (AvgIpc) is 2.63. The van der Waals surface area contributed by atoms with Crippen molar-refractivity contribution in [3.63, 3.8) is 0 Å². The van der Waals surface area contributed by atoms with Crippen LogP contribution in [0.3, 0.4) is 0 Å². The molecule has 1 saturated carbocycles. The van der Waals surface area contributed by atoms with Crippen LogP contribution in [0, 0.1) is 0 Å². The lowest BCUT2D eigenvalue weighted by Crippen LogP contribution is -2.25. The molecule has 0 saturated heterocycles. The molecule has 5 heteroatoms. The molecule has 0 atom stereocenters. The average molecular weight is 259 g/mol. The Morgan fingerprint density at radius 2 is 1.79 bits per heavy atom. The maximum Gasteiger partial charge on any atom is 0.325 e. The van der Waals surface area contributed by atoms with Gasteiger partial charge in [-0.15, -0.1) is 0 Å². The summed E-state index contributed by atoms with van der Waals surface area (Å²) in [5.74, 6) is 0.333. The quantitative estimate of drug-likeness (QED) is 0.802. The highest BCUT2D eigenvalue weighted by molar-refractivity contribution is 9.10. The fourth-order valence-electron chi connectivity index (χ4n) is 1.98. The standard InChI is InChI=1S/C9H11BrN2O2/c10-6-7(5-3-1-2-4-5)11-9(14)12-8(6)13/h5H,1-4H2,(H2,11,12,13,14). The smallest absolute Gasteiger partial charge is 0.310 e. The van der Waals surface area contributed by atoms with Crippen molar-refractivity contribution in [3.05, 3.63) is 31.0 Å². The monoisotopic (exact) mass is 258 g/mol. The van der Waals surface area contributed by atoms with E-state index in [1.807, 2.05) is 0 Å². The van der Waals surface area contributed by atoms with Crippen LogP contribution in [0.15, 0.2) is 14.1 Å². The molecule has 2 rings (SSSR count). The van der Waals surface area contributed by atoms with E-state index in [4.69, 9.17) is 0 Å². The van der Waals surface area contributed by atoms with Gasteiger partial charge < -0.3 is 4.98 Å². The van der Waals surface area contributed by atoms with E-state index in [0.717, 1.165) is 18.5 Å². The van der Waals surface area contributed by atoms with Crippen molar-refractivity contribution in [1.29, 1.82) is 0 Å². The van der Waals surface area contributed by atoms with Crippen molar-refractivity contribution in [1.82, 2.24) is 9.97 Å². The summed E-state index contributed by atoms with van der Waals surface area (Å²) < 4.78 is 0.476. The highest BCUT2D eigenvalue weighted by Gasteiger charge is 2.21. The molecule has 14 heavy (non-hydrogen) atoms. The lowest BCUT2D eigenvalue weighted by atomic mass is 10.0. The molecular weight excluding hydrogens is 248 g/mol. The van der Waals surface area contributed by atoms with Crippen molar-refractivity contribution in [2.45, 2.75) is 31.6 Å². The van der Waals surface area contributed by atoms with Gasteiger partial charge in [-0.2, -0.15) is 0 Å². The number of rotatable bonds is 1. The highest BCUT2D eigenvalue weighted by atomic mass is 79.9. The Labute approximate surface area is 88.9 Å². The van der Waals surface area contributed by atoms with Crippen molar-refractivity contribution in [3.8, 4) is 0 Å². The third kappa shape index (κ3) is 1.68. The molecule has 4 nitrogen and oxygen atoms in total. The van der Waals surface area contributed by atoms with Gasteiger partial charge in [-0.05, 0) is 28.8 Å². The number of hydrogen-bond acceptors (Lipinski definition) is 2. The van der Waals surface area contributed by atoms with Gasteiger partial charge in [0.2, 0.25) is 0 Å². The Balaban J connectivity index is 2.51. The summed E-state index contributed by atoms with van der Waals surface area (Å²) in [5, 5.41) is 0. The molecule has 1 aliphatic rings. The summed E-state index contributed by atoms with van der Waals surface area (Å²) in [6.07, 6.45) is 4.45. The number of hydrogen-bond donors (Lipinski definition) is 2. The van der Waals surface area contributed by atoms with E-state index >= 15 is 0 Å². The zero-order chi connectivity index (χ0) is 10.1. The minimum Gasteiger partial charge on any atom is -0.310 e. The van der Waals surface area contributed by atoms with E-state index in [2.05, 4.69) is 25.9 Å². The molecule has 1 fully saturated rings. The van der Waals surface area contributed by atoms with Crippen LogP contribution < -0.4 is 11.2 Å². The summed E-state index contributed by atoms with van der Waals surface area (Å²) in [6.45, 7) is 0. The first kappa shape index (κ1) is 9.71. The van der Waals surface area contributed by atoms with Gasteiger partial charge in [0, 0.05) is 11.6 Å². The molecule has 0 amide bonds. The van der Waals surface area contributed by atoms with Crippen molar-refractivity contribution in [2.75, 3.05) is 0 Å². The summed E-state index contributed by atoms with van der Waals surface area (Å²) in [5.41, 5.74) is 0.00648. The molecule has 76 valence electrons. The maximum atomic E-state index is 11.3. The Morgan fingerprint density at radius 1 is 1.14 bits per heavy atom. The second kappa shape index (κ2) is 3.73. The van der Waals surface area contributed by atoms with Gasteiger partial charge in [-0.25, -0.2) is 4.79 Å². The normalized spacial score (nSPS) is 17.5. The molecule has 2 N–H and O–H groups in total. The Bertz CT molecular complexity index is 443. The predicted octanol–water partition coefficient (Wildman–Crippen LogP) is 1.48. The van der Waals surface area contributed by atoms with Crippen molar-refractivity contribution < 1.29 is 0 Å². The van der Waals surface area contributed by atoms with Crippen LogP contribution in [-0.2, 0) is 0 Å². The van der Waals surface area contributed by atoms with Crippen LogP contribution in [0.25, 0.3) is 0 Å². The van der Waals surface area contributed by atoms with E-state index < -0.39 is 5.69 Å². The van der Waals surface area contributed by atoms with E-state index in [9.17, 15) is 9.59 Å². The maximum absolute atomic E-state index is 11.3. The number of halogens is 1. The van der Waals surface area contributed by atoms with E-state index in [1.54, 1.807) is 0 Å². The first-order valence-corrected chi connectivity index (χ1v) is 5.50. The fraction of sp³-hybridized carbons (Fsp3) is 0.556. The third-order valence-electron chi connectivity index (χ3n) is 2.67. The molecule has 1 aromatic rings. The molecule has 0 aliphatic heterocycles. The van der Waals surface area contributed by atoms with Gasteiger partial charge in [0.05, 0.1) is 0 Å². The van der Waals surface area contributed by atoms with Crippen LogP contribution in [-0.4, -0.2) is 9.97 Å². The molecule has 0 radical (unpaired) electrons. The van der Waals surface area contributed by atoms with E-state index in [-0.39, 0.29) is 5.56 Å². The minimum atomic E-state index is -0.417. The molecule has 1 aliphatic carbocycles. The molecular formula is C9H11BrN2O2. The lowest BCUT2D eigenvalue weighted by molar-refractivity contribution is 0.680. The van der Waals surface area contributed by atoms with Crippen LogP contribution in [0.4, 0.5) is 0 Å². The zero-order valence-electron chi connectivity index (χ0n) is 7.60. The number of aromatic nitrogens is 2. The van der Waals surface area contributed by atoms with Gasteiger partial charge >= 0.3 is 5.69 Å². The number of aromatic amines is 2. The summed E-state index contributed by atoms with van der Waals surface area (Å²) in [7, 11) is 0. The van der Waals surface area contributed by atoms with Gasteiger partial charge in [0.1, 0.15) is 4.47 Å². The largest absolute Gasteiger partial charge is 0.325 e. The van der Waals surface area contributed by atoms with Crippen LogP contribution in [0.5, 0.6) is 0 Å². The van der Waals surface area contributed by atoms with Gasteiger partial charge in [-0.1, -0.05) is 12.8 Å². The molecule has 1 aromatic heterocycles. The molecule has 0 aromatic carbocycles. The van der Waals surface area contributed by atoms with Crippen LogP contribution in [0.1, 0.15) is 37.3 Å². The molecule has 0 spiro atoms. The van der Waals surface area contributed by atoms with E-state index in [0.29, 0.717) is 10.4 Å². The highest BCUT2D eigenvalue weighted by Crippen LogP contribution is 2.34. The van der Waals surface area contributed by atoms with Crippen LogP contribution in [0.2, 0.25) is 0 Å². The molecule has 1 heterocycles.